The van der Waals surface area contributed by atoms with Crippen LogP contribution >= 0.6 is 0 Å². The Labute approximate surface area is 126 Å². The van der Waals surface area contributed by atoms with Crippen LogP contribution < -0.4 is 5.32 Å². The second-order valence-electron chi connectivity index (χ2n) is 6.35. The quantitative estimate of drug-likeness (QED) is 0.929. The van der Waals surface area contributed by atoms with Gasteiger partial charge in [-0.3, -0.25) is 0 Å². The standard InChI is InChI=1S/C16H23NO3S/c1-21(18,19)15-6-4-13(5-7-15)17-12-14-8-11-16(20-14)9-2-3-10-16/h4-7,14,17H,2-3,8-12H2,1H3. The summed E-state index contributed by atoms with van der Waals surface area (Å²) in [7, 11) is -3.12. The molecule has 0 aromatic heterocycles. The Hall–Kier alpha value is -1.07. The van der Waals surface area contributed by atoms with Gasteiger partial charge in [-0.2, -0.15) is 0 Å². The molecule has 21 heavy (non-hydrogen) atoms. The monoisotopic (exact) mass is 309 g/mol. The number of nitrogens with one attached hydrogen (secondary N) is 1. The number of rotatable bonds is 4. The number of sulfone groups is 1. The number of benzene rings is 1. The minimum atomic E-state index is -3.12. The predicted octanol–water partition coefficient (Wildman–Crippen LogP) is 2.99. The summed E-state index contributed by atoms with van der Waals surface area (Å²) in [6, 6.07) is 6.92. The van der Waals surface area contributed by atoms with Gasteiger partial charge in [0.05, 0.1) is 16.6 Å². The van der Waals surface area contributed by atoms with Gasteiger partial charge in [-0.05, 0) is 49.9 Å². The van der Waals surface area contributed by atoms with Crippen LogP contribution in [0.4, 0.5) is 5.69 Å². The summed E-state index contributed by atoms with van der Waals surface area (Å²) >= 11 is 0. The lowest BCUT2D eigenvalue weighted by Gasteiger charge is -2.24. The Balaban J connectivity index is 1.54. The number of hydrogen-bond donors (Lipinski definition) is 1. The van der Waals surface area contributed by atoms with Gasteiger partial charge >= 0.3 is 0 Å². The molecule has 0 amide bonds. The second-order valence-corrected chi connectivity index (χ2v) is 8.36. The fourth-order valence-corrected chi connectivity index (χ4v) is 4.11. The first-order valence-corrected chi connectivity index (χ1v) is 9.58. The van der Waals surface area contributed by atoms with E-state index in [-0.39, 0.29) is 11.7 Å². The smallest absolute Gasteiger partial charge is 0.175 e. The molecule has 1 aliphatic heterocycles. The van der Waals surface area contributed by atoms with Crippen molar-refractivity contribution in [3.63, 3.8) is 0 Å². The van der Waals surface area contributed by atoms with Crippen LogP contribution in [0.5, 0.6) is 0 Å². The van der Waals surface area contributed by atoms with Crippen molar-refractivity contribution in [2.75, 3.05) is 18.1 Å². The van der Waals surface area contributed by atoms with E-state index in [4.69, 9.17) is 4.74 Å². The molecule has 2 aliphatic rings. The molecule has 1 saturated heterocycles. The van der Waals surface area contributed by atoms with E-state index in [2.05, 4.69) is 5.32 Å². The van der Waals surface area contributed by atoms with E-state index in [0.717, 1.165) is 18.7 Å². The predicted molar refractivity (Wildman–Crippen MR) is 83.3 cm³/mol. The van der Waals surface area contributed by atoms with Crippen LogP contribution in [0.1, 0.15) is 38.5 Å². The molecule has 1 N–H and O–H groups in total. The third-order valence-corrected chi connectivity index (χ3v) is 5.80. The lowest BCUT2D eigenvalue weighted by atomic mass is 9.98. The molecule has 4 nitrogen and oxygen atoms in total. The van der Waals surface area contributed by atoms with Crippen molar-refractivity contribution in [3.05, 3.63) is 24.3 Å². The van der Waals surface area contributed by atoms with E-state index in [1.165, 1.54) is 38.4 Å². The molecule has 3 rings (SSSR count). The van der Waals surface area contributed by atoms with Crippen molar-refractivity contribution in [1.82, 2.24) is 0 Å². The lowest BCUT2D eigenvalue weighted by Crippen LogP contribution is -2.27. The number of hydrogen-bond acceptors (Lipinski definition) is 4. The summed E-state index contributed by atoms with van der Waals surface area (Å²) in [4.78, 5) is 0.357. The van der Waals surface area contributed by atoms with Gasteiger partial charge in [0.15, 0.2) is 9.84 Å². The summed E-state index contributed by atoms with van der Waals surface area (Å²) < 4.78 is 29.1. The molecule has 1 unspecified atom stereocenters. The van der Waals surface area contributed by atoms with Crippen molar-refractivity contribution >= 4 is 15.5 Å². The van der Waals surface area contributed by atoms with E-state index in [1.54, 1.807) is 12.1 Å². The summed E-state index contributed by atoms with van der Waals surface area (Å²) in [5.41, 5.74) is 1.12. The van der Waals surface area contributed by atoms with Crippen LogP contribution in [-0.2, 0) is 14.6 Å². The maximum atomic E-state index is 11.4. The van der Waals surface area contributed by atoms with Gasteiger partial charge in [0.25, 0.3) is 0 Å². The summed E-state index contributed by atoms with van der Waals surface area (Å²) in [6.45, 7) is 0.792. The molecule has 1 aromatic carbocycles. The number of ether oxygens (including phenoxy) is 1. The molecule has 0 radical (unpaired) electrons. The zero-order valence-corrected chi connectivity index (χ0v) is 13.3. The Bertz CT molecular complexity index is 588. The highest BCUT2D eigenvalue weighted by Crippen LogP contribution is 2.43. The van der Waals surface area contributed by atoms with Crippen LogP contribution in [-0.4, -0.2) is 32.9 Å². The maximum absolute atomic E-state index is 11.4. The van der Waals surface area contributed by atoms with Gasteiger partial charge < -0.3 is 10.1 Å². The topological polar surface area (TPSA) is 55.4 Å². The van der Waals surface area contributed by atoms with E-state index in [0.29, 0.717) is 4.90 Å². The van der Waals surface area contributed by atoms with Crippen molar-refractivity contribution in [2.45, 2.75) is 55.1 Å². The van der Waals surface area contributed by atoms with Crippen molar-refractivity contribution < 1.29 is 13.2 Å². The molecule has 2 fully saturated rings. The van der Waals surface area contributed by atoms with Crippen LogP contribution in [0.3, 0.4) is 0 Å². The fraction of sp³-hybridized carbons (Fsp3) is 0.625. The molecule has 1 spiro atoms. The molecule has 1 aromatic rings. The molecular formula is C16H23NO3S. The van der Waals surface area contributed by atoms with Crippen LogP contribution in [0, 0.1) is 0 Å². The Morgan fingerprint density at radius 1 is 1.19 bits per heavy atom. The van der Waals surface area contributed by atoms with Crippen LogP contribution in [0.15, 0.2) is 29.2 Å². The van der Waals surface area contributed by atoms with Crippen molar-refractivity contribution in [3.8, 4) is 0 Å². The largest absolute Gasteiger partial charge is 0.382 e. The summed E-state index contributed by atoms with van der Waals surface area (Å²) in [5.74, 6) is 0. The van der Waals surface area contributed by atoms with E-state index >= 15 is 0 Å². The SMILES string of the molecule is CS(=O)(=O)c1ccc(NCC2CCC3(CCCC3)O2)cc1. The Morgan fingerprint density at radius 3 is 2.48 bits per heavy atom. The minimum Gasteiger partial charge on any atom is -0.382 e. The Kier molecular flexibility index (Phi) is 3.97. The molecular weight excluding hydrogens is 286 g/mol. The highest BCUT2D eigenvalue weighted by atomic mass is 32.2. The summed E-state index contributed by atoms with van der Waals surface area (Å²) in [6.07, 6.45) is 8.83. The first-order valence-electron chi connectivity index (χ1n) is 7.69. The lowest BCUT2D eigenvalue weighted by molar-refractivity contribution is -0.0307. The third-order valence-electron chi connectivity index (χ3n) is 4.67. The molecule has 1 saturated carbocycles. The van der Waals surface area contributed by atoms with Gasteiger partial charge in [-0.1, -0.05) is 12.8 Å². The number of anilines is 1. The first-order chi connectivity index (χ1) is 9.97. The second kappa shape index (κ2) is 5.61. The van der Waals surface area contributed by atoms with Gasteiger partial charge in [-0.15, -0.1) is 0 Å². The molecule has 1 atom stereocenters. The molecule has 1 heterocycles. The fourth-order valence-electron chi connectivity index (χ4n) is 3.48. The van der Waals surface area contributed by atoms with Gasteiger partial charge in [0.2, 0.25) is 0 Å². The van der Waals surface area contributed by atoms with Gasteiger partial charge in [-0.25, -0.2) is 8.42 Å². The highest BCUT2D eigenvalue weighted by molar-refractivity contribution is 7.90. The molecule has 5 heteroatoms. The average Bonchev–Trinajstić information content (AvgIpc) is 3.07. The maximum Gasteiger partial charge on any atom is 0.175 e. The van der Waals surface area contributed by atoms with Crippen LogP contribution in [0.2, 0.25) is 0 Å². The first kappa shape index (κ1) is 14.9. The van der Waals surface area contributed by atoms with E-state index in [9.17, 15) is 8.42 Å². The zero-order chi connectivity index (χ0) is 14.9. The van der Waals surface area contributed by atoms with Gasteiger partial charge in [0, 0.05) is 18.5 Å². The Morgan fingerprint density at radius 2 is 1.86 bits per heavy atom. The van der Waals surface area contributed by atoms with E-state index in [1.807, 2.05) is 12.1 Å². The zero-order valence-electron chi connectivity index (χ0n) is 12.5. The van der Waals surface area contributed by atoms with Crippen molar-refractivity contribution in [1.29, 1.82) is 0 Å². The summed E-state index contributed by atoms with van der Waals surface area (Å²) in [5, 5.41) is 3.35. The van der Waals surface area contributed by atoms with Crippen molar-refractivity contribution in [2.24, 2.45) is 0 Å². The molecule has 1 aliphatic carbocycles. The highest BCUT2D eigenvalue weighted by Gasteiger charge is 2.41. The third kappa shape index (κ3) is 3.40. The van der Waals surface area contributed by atoms with E-state index < -0.39 is 9.84 Å². The minimum absolute atomic E-state index is 0.173. The molecule has 116 valence electrons. The van der Waals surface area contributed by atoms with Crippen LogP contribution in [0.25, 0.3) is 0 Å². The van der Waals surface area contributed by atoms with Gasteiger partial charge in [0.1, 0.15) is 0 Å². The average molecular weight is 309 g/mol. The normalized spacial score (nSPS) is 24.5. The molecule has 0 bridgehead atoms.